The van der Waals surface area contributed by atoms with Crippen LogP contribution in [-0.2, 0) is 9.53 Å². The maximum atomic E-state index is 10.9. The zero-order valence-corrected chi connectivity index (χ0v) is 8.45. The van der Waals surface area contributed by atoms with E-state index >= 15 is 0 Å². The number of esters is 1. The third-order valence-electron chi connectivity index (χ3n) is 1.78. The topological polar surface area (TPSA) is 26.3 Å². The summed E-state index contributed by atoms with van der Waals surface area (Å²) in [6.45, 7) is 7.98. The molecule has 13 heavy (non-hydrogen) atoms. The van der Waals surface area contributed by atoms with Gasteiger partial charge in [0.2, 0.25) is 0 Å². The van der Waals surface area contributed by atoms with Crippen LogP contribution in [0.5, 0.6) is 0 Å². The lowest BCUT2D eigenvalue weighted by molar-refractivity contribution is -0.137. The molecule has 0 rings (SSSR count). The van der Waals surface area contributed by atoms with E-state index in [-0.39, 0.29) is 5.97 Å². The number of ether oxygens (including phenoxy) is 1. The molecule has 2 heteroatoms. The van der Waals surface area contributed by atoms with Crippen LogP contribution in [0.4, 0.5) is 0 Å². The largest absolute Gasteiger partial charge is 0.463 e. The van der Waals surface area contributed by atoms with Crippen LogP contribution >= 0.6 is 0 Å². The van der Waals surface area contributed by atoms with Gasteiger partial charge >= 0.3 is 5.97 Å². The van der Waals surface area contributed by atoms with Crippen molar-refractivity contribution >= 4 is 5.97 Å². The second-order valence-electron chi connectivity index (χ2n) is 2.80. The van der Waals surface area contributed by atoms with Gasteiger partial charge in [-0.05, 0) is 25.7 Å². The van der Waals surface area contributed by atoms with Crippen molar-refractivity contribution in [3.63, 3.8) is 0 Å². The number of carbonyl (C=O) groups is 1. The molecule has 0 heterocycles. The molecule has 0 saturated heterocycles. The van der Waals surface area contributed by atoms with Crippen molar-refractivity contribution in [3.05, 3.63) is 24.8 Å². The molecule has 0 bridgehead atoms. The average Bonchev–Trinajstić information content (AvgIpc) is 2.12. The van der Waals surface area contributed by atoms with E-state index in [4.69, 9.17) is 4.74 Å². The first-order chi connectivity index (χ1) is 6.24. The Morgan fingerprint density at radius 2 is 2.23 bits per heavy atom. The predicted octanol–water partition coefficient (Wildman–Crippen LogP) is 2.71. The molecule has 1 atom stereocenters. The Bertz CT molecular complexity index is 183. The van der Waals surface area contributed by atoms with E-state index in [1.165, 1.54) is 6.08 Å². The molecule has 0 fully saturated rings. The Morgan fingerprint density at radius 3 is 2.69 bits per heavy atom. The quantitative estimate of drug-likeness (QED) is 0.358. The van der Waals surface area contributed by atoms with Gasteiger partial charge in [-0.1, -0.05) is 19.1 Å². The highest BCUT2D eigenvalue weighted by Crippen LogP contribution is 2.09. The highest BCUT2D eigenvalue weighted by molar-refractivity contribution is 5.81. The third-order valence-corrected chi connectivity index (χ3v) is 1.78. The van der Waals surface area contributed by atoms with E-state index in [1.807, 2.05) is 12.2 Å². The van der Waals surface area contributed by atoms with E-state index < -0.39 is 0 Å². The van der Waals surface area contributed by atoms with Crippen molar-refractivity contribution in [2.45, 2.75) is 26.7 Å². The summed E-state index contributed by atoms with van der Waals surface area (Å²) in [5.41, 5.74) is 0. The van der Waals surface area contributed by atoms with Crippen molar-refractivity contribution in [1.29, 1.82) is 0 Å². The molecular formula is C11H18O2. The zero-order valence-electron chi connectivity index (χ0n) is 8.45. The molecule has 0 aromatic rings. The number of carbonyl (C=O) groups excluding carboxylic acids is 1. The SMILES string of the molecule is C=CCC(/C=C/C(=O)OCC)CC. The van der Waals surface area contributed by atoms with Gasteiger partial charge in [-0.3, -0.25) is 0 Å². The Kier molecular flexibility index (Phi) is 6.98. The molecule has 0 aliphatic heterocycles. The minimum Gasteiger partial charge on any atom is -0.463 e. The Morgan fingerprint density at radius 1 is 1.54 bits per heavy atom. The van der Waals surface area contributed by atoms with E-state index in [1.54, 1.807) is 6.92 Å². The van der Waals surface area contributed by atoms with Crippen LogP contribution in [0.1, 0.15) is 26.7 Å². The zero-order chi connectivity index (χ0) is 10.1. The molecule has 0 saturated carbocycles. The Balaban J connectivity index is 3.90. The van der Waals surface area contributed by atoms with Gasteiger partial charge in [0.25, 0.3) is 0 Å². The summed E-state index contributed by atoms with van der Waals surface area (Å²) in [6, 6.07) is 0. The second-order valence-corrected chi connectivity index (χ2v) is 2.80. The maximum absolute atomic E-state index is 10.9. The monoisotopic (exact) mass is 182 g/mol. The van der Waals surface area contributed by atoms with Gasteiger partial charge in [-0.15, -0.1) is 6.58 Å². The van der Waals surface area contributed by atoms with Crippen LogP contribution in [0, 0.1) is 5.92 Å². The molecule has 1 unspecified atom stereocenters. The molecule has 0 aromatic carbocycles. The first kappa shape index (κ1) is 11.9. The average molecular weight is 182 g/mol. The summed E-state index contributed by atoms with van der Waals surface area (Å²) in [5.74, 6) is 0.145. The van der Waals surface area contributed by atoms with Crippen LogP contribution in [0.3, 0.4) is 0 Å². The van der Waals surface area contributed by atoms with Crippen molar-refractivity contribution in [2.24, 2.45) is 5.92 Å². The summed E-state index contributed by atoms with van der Waals surface area (Å²) < 4.78 is 4.76. The van der Waals surface area contributed by atoms with Crippen molar-refractivity contribution in [3.8, 4) is 0 Å². The molecule has 74 valence electrons. The predicted molar refractivity (Wildman–Crippen MR) is 54.4 cm³/mol. The number of allylic oxidation sites excluding steroid dienone is 2. The third kappa shape index (κ3) is 6.14. The van der Waals surface area contributed by atoms with Crippen LogP contribution in [0.15, 0.2) is 24.8 Å². The Labute approximate surface area is 80.3 Å². The highest BCUT2D eigenvalue weighted by atomic mass is 16.5. The molecule has 0 aliphatic carbocycles. The fourth-order valence-corrected chi connectivity index (χ4v) is 1.00. The smallest absolute Gasteiger partial charge is 0.330 e. The fraction of sp³-hybridized carbons (Fsp3) is 0.545. The van der Waals surface area contributed by atoms with E-state index in [2.05, 4.69) is 13.5 Å². The van der Waals surface area contributed by atoms with Crippen LogP contribution in [0.25, 0.3) is 0 Å². The lowest BCUT2D eigenvalue weighted by Gasteiger charge is -2.04. The van der Waals surface area contributed by atoms with Gasteiger partial charge in [-0.2, -0.15) is 0 Å². The summed E-state index contributed by atoms with van der Waals surface area (Å²) in [7, 11) is 0. The van der Waals surface area contributed by atoms with Gasteiger partial charge < -0.3 is 4.74 Å². The minimum absolute atomic E-state index is 0.259. The lowest BCUT2D eigenvalue weighted by atomic mass is 10.0. The van der Waals surface area contributed by atoms with Crippen LogP contribution in [-0.4, -0.2) is 12.6 Å². The summed E-state index contributed by atoms with van der Waals surface area (Å²) >= 11 is 0. The number of hydrogen-bond donors (Lipinski definition) is 0. The van der Waals surface area contributed by atoms with Crippen LogP contribution in [0.2, 0.25) is 0 Å². The Hall–Kier alpha value is -1.05. The molecule has 0 aliphatic rings. The molecule has 2 nitrogen and oxygen atoms in total. The van der Waals surface area contributed by atoms with Crippen molar-refractivity contribution in [2.75, 3.05) is 6.61 Å². The van der Waals surface area contributed by atoms with E-state index in [0.29, 0.717) is 12.5 Å². The minimum atomic E-state index is -0.259. The number of rotatable bonds is 6. The molecule has 0 amide bonds. The maximum Gasteiger partial charge on any atom is 0.330 e. The van der Waals surface area contributed by atoms with Crippen molar-refractivity contribution in [1.82, 2.24) is 0 Å². The lowest BCUT2D eigenvalue weighted by Crippen LogP contribution is -2.01. The molecular weight excluding hydrogens is 164 g/mol. The molecule has 0 spiro atoms. The van der Waals surface area contributed by atoms with E-state index in [9.17, 15) is 4.79 Å². The summed E-state index contributed by atoms with van der Waals surface area (Å²) in [4.78, 5) is 10.9. The van der Waals surface area contributed by atoms with E-state index in [0.717, 1.165) is 12.8 Å². The fourth-order valence-electron chi connectivity index (χ4n) is 1.00. The van der Waals surface area contributed by atoms with Gasteiger partial charge in [0.05, 0.1) is 6.61 Å². The molecule has 0 aromatic heterocycles. The summed E-state index contributed by atoms with van der Waals surface area (Å²) in [6.07, 6.45) is 7.18. The highest BCUT2D eigenvalue weighted by Gasteiger charge is 2.00. The number of hydrogen-bond acceptors (Lipinski definition) is 2. The first-order valence-electron chi connectivity index (χ1n) is 4.70. The molecule has 0 N–H and O–H groups in total. The van der Waals surface area contributed by atoms with Gasteiger partial charge in [-0.25, -0.2) is 4.79 Å². The molecule has 0 radical (unpaired) electrons. The van der Waals surface area contributed by atoms with Gasteiger partial charge in [0, 0.05) is 6.08 Å². The standard InChI is InChI=1S/C11H18O2/c1-4-7-10(5-2)8-9-11(12)13-6-3/h4,8-10H,1,5-7H2,2-3H3/b9-8+. The van der Waals surface area contributed by atoms with Crippen LogP contribution < -0.4 is 0 Å². The van der Waals surface area contributed by atoms with Crippen molar-refractivity contribution < 1.29 is 9.53 Å². The van der Waals surface area contributed by atoms with Gasteiger partial charge in [0.1, 0.15) is 0 Å². The second kappa shape index (κ2) is 7.59. The first-order valence-corrected chi connectivity index (χ1v) is 4.70. The van der Waals surface area contributed by atoms with Gasteiger partial charge in [0.15, 0.2) is 0 Å². The summed E-state index contributed by atoms with van der Waals surface area (Å²) in [5, 5.41) is 0. The normalized spacial score (nSPS) is 12.8.